The van der Waals surface area contributed by atoms with Gasteiger partial charge < -0.3 is 0 Å². The molecule has 0 aliphatic carbocycles. The SMILES string of the molecule is CC(C)(C)c1ccnc(-c2cc(C(C)(C)C)cc(-c3ccccc3F)n2)c1. The molecule has 140 valence electrons. The Balaban J connectivity index is 2.22. The number of nitrogens with zero attached hydrogens (tertiary/aromatic N) is 2. The van der Waals surface area contributed by atoms with Crippen LogP contribution in [-0.4, -0.2) is 9.97 Å². The fourth-order valence-corrected chi connectivity index (χ4v) is 2.94. The normalized spacial score (nSPS) is 12.3. The lowest BCUT2D eigenvalue weighted by atomic mass is 9.85. The maximum absolute atomic E-state index is 14.4. The minimum absolute atomic E-state index is 0.0215. The minimum Gasteiger partial charge on any atom is -0.255 e. The van der Waals surface area contributed by atoms with Crippen LogP contribution in [0.2, 0.25) is 0 Å². The highest BCUT2D eigenvalue weighted by molar-refractivity contribution is 5.67. The number of halogens is 1. The fourth-order valence-electron chi connectivity index (χ4n) is 2.94. The molecule has 0 saturated heterocycles. The summed E-state index contributed by atoms with van der Waals surface area (Å²) in [5.74, 6) is -0.265. The maximum Gasteiger partial charge on any atom is 0.132 e. The van der Waals surface area contributed by atoms with Crippen LogP contribution < -0.4 is 0 Å². The van der Waals surface area contributed by atoms with Crippen LogP contribution >= 0.6 is 0 Å². The van der Waals surface area contributed by atoms with Gasteiger partial charge in [0.1, 0.15) is 5.82 Å². The first-order valence-corrected chi connectivity index (χ1v) is 9.30. The summed E-state index contributed by atoms with van der Waals surface area (Å²) in [5, 5.41) is 0. The molecule has 3 rings (SSSR count). The molecule has 2 nitrogen and oxygen atoms in total. The molecule has 1 aromatic carbocycles. The average Bonchev–Trinajstić information content (AvgIpc) is 2.60. The zero-order chi connectivity index (χ0) is 19.8. The Hall–Kier alpha value is -2.55. The van der Waals surface area contributed by atoms with Crippen molar-refractivity contribution < 1.29 is 4.39 Å². The van der Waals surface area contributed by atoms with Gasteiger partial charge in [-0.2, -0.15) is 0 Å². The van der Waals surface area contributed by atoms with Crippen molar-refractivity contribution in [3.05, 3.63) is 71.7 Å². The quantitative estimate of drug-likeness (QED) is 0.517. The summed E-state index contributed by atoms with van der Waals surface area (Å²) in [7, 11) is 0. The molecule has 0 unspecified atom stereocenters. The molecule has 0 saturated carbocycles. The summed E-state index contributed by atoms with van der Waals surface area (Å²) in [4.78, 5) is 9.32. The van der Waals surface area contributed by atoms with Gasteiger partial charge in [-0.05, 0) is 58.4 Å². The number of aromatic nitrogens is 2. The predicted octanol–water partition coefficient (Wildman–Crippen LogP) is 6.54. The fraction of sp³-hybridized carbons (Fsp3) is 0.333. The molecule has 0 fully saturated rings. The van der Waals surface area contributed by atoms with Crippen LogP contribution in [0, 0.1) is 5.82 Å². The molecular formula is C24H27FN2. The van der Waals surface area contributed by atoms with Crippen molar-refractivity contribution >= 4 is 0 Å². The van der Waals surface area contributed by atoms with E-state index in [4.69, 9.17) is 4.98 Å². The van der Waals surface area contributed by atoms with Gasteiger partial charge in [-0.25, -0.2) is 9.37 Å². The van der Waals surface area contributed by atoms with Crippen molar-refractivity contribution in [1.29, 1.82) is 0 Å². The van der Waals surface area contributed by atoms with Crippen molar-refractivity contribution in [2.75, 3.05) is 0 Å². The third kappa shape index (κ3) is 4.24. The molecule has 0 radical (unpaired) electrons. The molecule has 0 bridgehead atoms. The van der Waals surface area contributed by atoms with Crippen molar-refractivity contribution in [3.63, 3.8) is 0 Å². The number of pyridine rings is 2. The molecule has 27 heavy (non-hydrogen) atoms. The van der Waals surface area contributed by atoms with E-state index in [1.807, 2.05) is 24.4 Å². The topological polar surface area (TPSA) is 25.8 Å². The molecule has 0 spiro atoms. The molecule has 3 heteroatoms. The van der Waals surface area contributed by atoms with Crippen LogP contribution in [0.1, 0.15) is 52.7 Å². The van der Waals surface area contributed by atoms with Crippen molar-refractivity contribution in [2.45, 2.75) is 52.4 Å². The van der Waals surface area contributed by atoms with Crippen LogP contribution in [0.3, 0.4) is 0 Å². The first-order valence-electron chi connectivity index (χ1n) is 9.30. The van der Waals surface area contributed by atoms with Gasteiger partial charge in [0, 0.05) is 11.8 Å². The Kier molecular flexibility index (Phi) is 4.90. The van der Waals surface area contributed by atoms with Crippen LogP contribution in [0.4, 0.5) is 4.39 Å². The van der Waals surface area contributed by atoms with E-state index in [1.165, 1.54) is 11.6 Å². The summed E-state index contributed by atoms with van der Waals surface area (Å²) >= 11 is 0. The molecule has 0 atom stereocenters. The lowest BCUT2D eigenvalue weighted by Crippen LogP contribution is -2.13. The molecular weight excluding hydrogens is 335 g/mol. The van der Waals surface area contributed by atoms with Gasteiger partial charge in [0.25, 0.3) is 0 Å². The van der Waals surface area contributed by atoms with Gasteiger partial charge in [0.15, 0.2) is 0 Å². The van der Waals surface area contributed by atoms with Gasteiger partial charge >= 0.3 is 0 Å². The maximum atomic E-state index is 14.4. The lowest BCUT2D eigenvalue weighted by molar-refractivity contribution is 0.588. The van der Waals surface area contributed by atoms with E-state index in [2.05, 4.69) is 58.7 Å². The summed E-state index contributed by atoms with van der Waals surface area (Å²) in [5.41, 5.74) is 4.97. The summed E-state index contributed by atoms with van der Waals surface area (Å²) in [6.07, 6.45) is 1.82. The Labute approximate surface area is 161 Å². The Bertz CT molecular complexity index is 963. The first kappa shape index (κ1) is 19.2. The molecule has 0 N–H and O–H groups in total. The molecule has 0 aliphatic rings. The molecule has 0 aliphatic heterocycles. The van der Waals surface area contributed by atoms with E-state index in [0.29, 0.717) is 11.3 Å². The summed E-state index contributed by atoms with van der Waals surface area (Å²) in [6.45, 7) is 13.0. The largest absolute Gasteiger partial charge is 0.255 e. The average molecular weight is 362 g/mol. The molecule has 2 heterocycles. The second-order valence-electron chi connectivity index (χ2n) is 9.04. The van der Waals surface area contributed by atoms with Crippen LogP contribution in [0.5, 0.6) is 0 Å². The molecule has 2 aromatic heterocycles. The Morgan fingerprint density at radius 3 is 1.93 bits per heavy atom. The number of hydrogen-bond donors (Lipinski definition) is 0. The third-order valence-corrected chi connectivity index (χ3v) is 4.73. The van der Waals surface area contributed by atoms with Gasteiger partial charge in [0.2, 0.25) is 0 Å². The van der Waals surface area contributed by atoms with Crippen LogP contribution in [-0.2, 0) is 10.8 Å². The van der Waals surface area contributed by atoms with E-state index < -0.39 is 0 Å². The second kappa shape index (κ2) is 6.88. The van der Waals surface area contributed by atoms with Gasteiger partial charge in [-0.15, -0.1) is 0 Å². The van der Waals surface area contributed by atoms with E-state index in [1.54, 1.807) is 12.1 Å². The van der Waals surface area contributed by atoms with Crippen molar-refractivity contribution in [2.24, 2.45) is 0 Å². The Morgan fingerprint density at radius 2 is 1.30 bits per heavy atom. The zero-order valence-corrected chi connectivity index (χ0v) is 17.0. The summed E-state index contributed by atoms with van der Waals surface area (Å²) < 4.78 is 14.4. The van der Waals surface area contributed by atoms with Gasteiger partial charge in [0.05, 0.1) is 17.1 Å². The third-order valence-electron chi connectivity index (χ3n) is 4.73. The summed E-state index contributed by atoms with van der Waals surface area (Å²) in [6, 6.07) is 14.9. The van der Waals surface area contributed by atoms with Crippen molar-refractivity contribution in [1.82, 2.24) is 9.97 Å². The van der Waals surface area contributed by atoms with E-state index in [-0.39, 0.29) is 16.6 Å². The highest BCUT2D eigenvalue weighted by Gasteiger charge is 2.20. The van der Waals surface area contributed by atoms with E-state index >= 15 is 0 Å². The first-order chi connectivity index (χ1) is 12.6. The van der Waals surface area contributed by atoms with Crippen molar-refractivity contribution in [3.8, 4) is 22.6 Å². The highest BCUT2D eigenvalue weighted by Crippen LogP contribution is 2.32. The minimum atomic E-state index is -0.265. The monoisotopic (exact) mass is 362 g/mol. The van der Waals surface area contributed by atoms with E-state index in [9.17, 15) is 4.39 Å². The molecule has 0 amide bonds. The number of rotatable bonds is 2. The van der Waals surface area contributed by atoms with Gasteiger partial charge in [-0.3, -0.25) is 4.98 Å². The Morgan fingerprint density at radius 1 is 0.704 bits per heavy atom. The van der Waals surface area contributed by atoms with Crippen LogP contribution in [0.25, 0.3) is 22.6 Å². The standard InChI is InChI=1S/C24H27FN2/c1-23(2,3)16-11-12-26-21(13-16)22-15-17(24(4,5)6)14-20(27-22)18-9-7-8-10-19(18)25/h7-15H,1-6H3. The molecule has 3 aromatic rings. The zero-order valence-electron chi connectivity index (χ0n) is 17.0. The second-order valence-corrected chi connectivity index (χ2v) is 9.04. The lowest BCUT2D eigenvalue weighted by Gasteiger charge is -2.22. The highest BCUT2D eigenvalue weighted by atomic mass is 19.1. The smallest absolute Gasteiger partial charge is 0.132 e. The van der Waals surface area contributed by atoms with Crippen LogP contribution in [0.15, 0.2) is 54.7 Å². The van der Waals surface area contributed by atoms with Gasteiger partial charge in [-0.1, -0.05) is 53.7 Å². The number of hydrogen-bond acceptors (Lipinski definition) is 2. The predicted molar refractivity (Wildman–Crippen MR) is 110 cm³/mol. The van der Waals surface area contributed by atoms with E-state index in [0.717, 1.165) is 17.0 Å². The number of benzene rings is 1.